The Balaban J connectivity index is 1.50. The number of carbonyl (C=O) groups is 2. The highest BCUT2D eigenvalue weighted by molar-refractivity contribution is 7.99. The molecule has 0 saturated carbocycles. The number of hydrogen-bond acceptors (Lipinski definition) is 9. The fourth-order valence-corrected chi connectivity index (χ4v) is 5.11. The van der Waals surface area contributed by atoms with E-state index in [0.29, 0.717) is 28.3 Å². The third-order valence-corrected chi connectivity index (χ3v) is 7.04. The lowest BCUT2D eigenvalue weighted by molar-refractivity contribution is -0.142. The van der Waals surface area contributed by atoms with Crippen LogP contribution in [0.3, 0.4) is 0 Å². The van der Waals surface area contributed by atoms with Crippen molar-refractivity contribution in [2.45, 2.75) is 49.5 Å². The predicted octanol–water partition coefficient (Wildman–Crippen LogP) is 4.19. The van der Waals surface area contributed by atoms with E-state index in [-0.39, 0.29) is 24.1 Å². The van der Waals surface area contributed by atoms with Gasteiger partial charge in [-0.05, 0) is 32.9 Å². The van der Waals surface area contributed by atoms with E-state index in [0.717, 1.165) is 12.4 Å². The summed E-state index contributed by atoms with van der Waals surface area (Å²) in [7, 11) is 0. The van der Waals surface area contributed by atoms with Gasteiger partial charge in [-0.15, -0.1) is 33.3 Å². The fraction of sp³-hybridized carbons (Fsp3) is 0.381. The van der Waals surface area contributed by atoms with E-state index >= 15 is 0 Å². The summed E-state index contributed by atoms with van der Waals surface area (Å²) >= 11 is 4.33. The van der Waals surface area contributed by atoms with Gasteiger partial charge < -0.3 is 14.6 Å². The lowest BCUT2D eigenvalue weighted by Gasteiger charge is -2.07. The molecule has 0 bridgehead atoms. The number of nitrogens with one attached hydrogen (secondary N) is 1. The van der Waals surface area contributed by atoms with Crippen LogP contribution < -0.4 is 5.32 Å². The van der Waals surface area contributed by atoms with Gasteiger partial charge in [0.05, 0.1) is 30.2 Å². The van der Waals surface area contributed by atoms with Gasteiger partial charge in [0.15, 0.2) is 10.3 Å². The number of carbonyl (C=O) groups excluding carboxylic acids is 2. The van der Waals surface area contributed by atoms with E-state index in [4.69, 9.17) is 4.74 Å². The molecule has 0 aliphatic rings. The molecule has 0 atom stereocenters. The van der Waals surface area contributed by atoms with E-state index in [9.17, 15) is 9.59 Å². The number of amides is 1. The molecule has 0 fully saturated rings. The van der Waals surface area contributed by atoms with Crippen LogP contribution in [0.15, 0.2) is 39.7 Å². The highest BCUT2D eigenvalue weighted by Gasteiger charge is 2.15. The maximum atomic E-state index is 12.3. The van der Waals surface area contributed by atoms with Crippen LogP contribution in [0.4, 0.5) is 5.13 Å². The third-order valence-electron chi connectivity index (χ3n) is 4.26. The largest absolute Gasteiger partial charge is 0.466 e. The molecule has 0 aliphatic heterocycles. The van der Waals surface area contributed by atoms with Gasteiger partial charge in [0.2, 0.25) is 5.91 Å². The second kappa shape index (κ2) is 12.0. The SMILES string of the molecule is CCOC(=O)Cc1csc(NC(=O)CSc2nnc(CSc3ccc(C)cc3)n2CC)n1. The number of nitrogens with zero attached hydrogens (tertiary/aromatic N) is 4. The molecule has 0 unspecified atom stereocenters. The van der Waals surface area contributed by atoms with Crippen molar-refractivity contribution in [1.29, 1.82) is 0 Å². The molecule has 3 aromatic rings. The van der Waals surface area contributed by atoms with Crippen molar-refractivity contribution in [1.82, 2.24) is 19.7 Å². The third kappa shape index (κ3) is 7.07. The number of aryl methyl sites for hydroxylation is 1. The van der Waals surface area contributed by atoms with Crippen LogP contribution in [0, 0.1) is 6.92 Å². The minimum Gasteiger partial charge on any atom is -0.466 e. The van der Waals surface area contributed by atoms with Crippen LogP contribution in [0.2, 0.25) is 0 Å². The number of thioether (sulfide) groups is 2. The van der Waals surface area contributed by atoms with E-state index in [1.54, 1.807) is 24.1 Å². The molecule has 0 spiro atoms. The Labute approximate surface area is 199 Å². The minimum atomic E-state index is -0.332. The molecule has 0 saturated heterocycles. The average Bonchev–Trinajstić information content (AvgIpc) is 3.38. The Morgan fingerprint density at radius 2 is 1.94 bits per heavy atom. The zero-order valence-electron chi connectivity index (χ0n) is 18.2. The van der Waals surface area contributed by atoms with Gasteiger partial charge in [-0.2, -0.15) is 0 Å². The zero-order valence-corrected chi connectivity index (χ0v) is 20.6. The topological polar surface area (TPSA) is 99.0 Å². The summed E-state index contributed by atoms with van der Waals surface area (Å²) in [4.78, 5) is 29.3. The number of hydrogen-bond donors (Lipinski definition) is 1. The van der Waals surface area contributed by atoms with Crippen LogP contribution in [0.1, 0.15) is 30.9 Å². The van der Waals surface area contributed by atoms with Crippen LogP contribution in [0.25, 0.3) is 0 Å². The van der Waals surface area contributed by atoms with Gasteiger partial charge in [-0.3, -0.25) is 9.59 Å². The van der Waals surface area contributed by atoms with Gasteiger partial charge in [0, 0.05) is 16.8 Å². The first kappa shape index (κ1) is 24.3. The van der Waals surface area contributed by atoms with Crippen LogP contribution in [0.5, 0.6) is 0 Å². The highest BCUT2D eigenvalue weighted by Crippen LogP contribution is 2.25. The van der Waals surface area contributed by atoms with Crippen LogP contribution in [-0.2, 0) is 33.0 Å². The van der Waals surface area contributed by atoms with Gasteiger partial charge >= 0.3 is 5.97 Å². The number of thiazole rings is 1. The first-order valence-electron chi connectivity index (χ1n) is 10.1. The second-order valence-electron chi connectivity index (χ2n) is 6.71. The van der Waals surface area contributed by atoms with Crippen molar-refractivity contribution in [2.75, 3.05) is 17.7 Å². The molecule has 0 aliphatic carbocycles. The summed E-state index contributed by atoms with van der Waals surface area (Å²) < 4.78 is 6.94. The number of ether oxygens (including phenoxy) is 1. The Morgan fingerprint density at radius 1 is 1.16 bits per heavy atom. The van der Waals surface area contributed by atoms with Gasteiger partial charge in [-0.25, -0.2) is 4.98 Å². The lowest BCUT2D eigenvalue weighted by atomic mass is 10.2. The standard InChI is InChI=1S/C21H25N5O3S3/c1-4-26-17(12-30-16-8-6-14(3)7-9-16)24-25-21(26)32-13-18(27)23-20-22-15(11-31-20)10-19(28)29-5-2/h6-9,11H,4-5,10,12-13H2,1-3H3,(H,22,23,27). The first-order valence-corrected chi connectivity index (χ1v) is 13.0. The maximum Gasteiger partial charge on any atom is 0.311 e. The number of esters is 1. The summed E-state index contributed by atoms with van der Waals surface area (Å²) in [5.74, 6) is 1.26. The van der Waals surface area contributed by atoms with E-state index in [1.165, 1.54) is 33.6 Å². The monoisotopic (exact) mass is 491 g/mol. The predicted molar refractivity (Wildman–Crippen MR) is 128 cm³/mol. The molecular formula is C21H25N5O3S3. The van der Waals surface area contributed by atoms with Gasteiger partial charge in [0.1, 0.15) is 5.82 Å². The van der Waals surface area contributed by atoms with Crippen molar-refractivity contribution in [2.24, 2.45) is 0 Å². The van der Waals surface area contributed by atoms with E-state index in [1.807, 2.05) is 11.5 Å². The number of anilines is 1. The van der Waals surface area contributed by atoms with Crippen molar-refractivity contribution in [3.8, 4) is 0 Å². The molecule has 3 rings (SSSR count). The van der Waals surface area contributed by atoms with Crippen molar-refractivity contribution >= 4 is 51.9 Å². The quantitative estimate of drug-likeness (QED) is 0.315. The zero-order chi connectivity index (χ0) is 22.9. The molecule has 2 heterocycles. The summed E-state index contributed by atoms with van der Waals surface area (Å²) in [6.45, 7) is 6.92. The molecule has 1 N–H and O–H groups in total. The molecule has 1 aromatic carbocycles. The molecule has 0 radical (unpaired) electrons. The molecule has 8 nitrogen and oxygen atoms in total. The van der Waals surface area contributed by atoms with Crippen molar-refractivity contribution < 1.29 is 14.3 Å². The Bertz CT molecular complexity index is 1050. The van der Waals surface area contributed by atoms with Crippen LogP contribution in [-0.4, -0.2) is 44.0 Å². The summed E-state index contributed by atoms with van der Waals surface area (Å²) in [5.41, 5.74) is 1.81. The molecule has 170 valence electrons. The minimum absolute atomic E-state index is 0.0952. The molecule has 2 aromatic heterocycles. The number of aromatic nitrogens is 4. The maximum absolute atomic E-state index is 12.3. The van der Waals surface area contributed by atoms with E-state index < -0.39 is 0 Å². The number of rotatable bonds is 11. The van der Waals surface area contributed by atoms with Crippen molar-refractivity contribution in [3.05, 3.63) is 46.7 Å². The Hall–Kier alpha value is -2.37. The molecule has 32 heavy (non-hydrogen) atoms. The second-order valence-corrected chi connectivity index (χ2v) is 9.56. The smallest absolute Gasteiger partial charge is 0.311 e. The molecular weight excluding hydrogens is 466 g/mol. The summed E-state index contributed by atoms with van der Waals surface area (Å²) in [6, 6.07) is 8.39. The highest BCUT2D eigenvalue weighted by atomic mass is 32.2. The Morgan fingerprint density at radius 3 is 2.66 bits per heavy atom. The summed E-state index contributed by atoms with van der Waals surface area (Å²) in [5, 5.41) is 14.3. The van der Waals surface area contributed by atoms with Crippen LogP contribution >= 0.6 is 34.9 Å². The lowest BCUT2D eigenvalue weighted by Crippen LogP contribution is -2.15. The van der Waals surface area contributed by atoms with Gasteiger partial charge in [-0.1, -0.05) is 29.5 Å². The Kier molecular flexibility index (Phi) is 9.12. The first-order chi connectivity index (χ1) is 15.5. The average molecular weight is 492 g/mol. The fourth-order valence-electron chi connectivity index (χ4n) is 2.72. The van der Waals surface area contributed by atoms with Crippen molar-refractivity contribution in [3.63, 3.8) is 0 Å². The molecule has 11 heteroatoms. The normalized spacial score (nSPS) is 10.8. The molecule has 1 amide bonds. The summed E-state index contributed by atoms with van der Waals surface area (Å²) in [6.07, 6.45) is 0.0952. The number of benzene rings is 1. The van der Waals surface area contributed by atoms with E-state index in [2.05, 4.69) is 51.7 Å². The van der Waals surface area contributed by atoms with Gasteiger partial charge in [0.25, 0.3) is 0 Å².